The van der Waals surface area contributed by atoms with Crippen molar-refractivity contribution < 1.29 is 23.8 Å². The number of rotatable bonds is 7. The normalized spacial score (nSPS) is 11.9. The van der Waals surface area contributed by atoms with E-state index >= 15 is 0 Å². The van der Waals surface area contributed by atoms with Crippen LogP contribution >= 0.6 is 22.6 Å². The summed E-state index contributed by atoms with van der Waals surface area (Å²) in [6.07, 6.45) is 1.36. The molecule has 148 valence electrons. The van der Waals surface area contributed by atoms with Crippen LogP contribution in [0.2, 0.25) is 0 Å². The summed E-state index contributed by atoms with van der Waals surface area (Å²) in [6, 6.07) is 8.91. The van der Waals surface area contributed by atoms with E-state index in [1.54, 1.807) is 25.1 Å². The summed E-state index contributed by atoms with van der Waals surface area (Å²) < 4.78 is 19.5. The number of hydrogen-bond acceptors (Lipinski definition) is 5. The Morgan fingerprint density at radius 1 is 1.32 bits per heavy atom. The van der Waals surface area contributed by atoms with Crippen LogP contribution in [0.15, 0.2) is 41.5 Å². The van der Waals surface area contributed by atoms with Gasteiger partial charge in [-0.3, -0.25) is 9.59 Å². The first-order valence-electron chi connectivity index (χ1n) is 8.37. The van der Waals surface area contributed by atoms with Crippen molar-refractivity contribution in [2.45, 2.75) is 13.8 Å². The van der Waals surface area contributed by atoms with E-state index in [1.165, 1.54) is 31.3 Å². The smallest absolute Gasteiger partial charge is 0.252 e. The highest BCUT2D eigenvalue weighted by Gasteiger charge is 2.22. The molecule has 0 fully saturated rings. The Bertz CT molecular complexity index is 905. The van der Waals surface area contributed by atoms with Crippen molar-refractivity contribution in [2.75, 3.05) is 11.9 Å². The molecule has 0 aliphatic rings. The molecule has 2 amide bonds. The van der Waals surface area contributed by atoms with E-state index in [0.29, 0.717) is 21.5 Å². The first-order chi connectivity index (χ1) is 13.3. The number of halogens is 2. The Balaban J connectivity index is 1.99. The summed E-state index contributed by atoms with van der Waals surface area (Å²) in [6.45, 7) is 3.56. The number of ether oxygens (including phenoxy) is 1. The molecule has 9 heteroatoms. The molecule has 28 heavy (non-hydrogen) atoms. The number of hydrazone groups is 1. The first-order valence-corrected chi connectivity index (χ1v) is 9.45. The fourth-order valence-electron chi connectivity index (χ4n) is 2.12. The number of benzene rings is 2. The van der Waals surface area contributed by atoms with Crippen molar-refractivity contribution in [1.29, 1.82) is 0 Å². The number of para-hydroxylation sites is 1. The van der Waals surface area contributed by atoms with E-state index in [-0.39, 0.29) is 11.4 Å². The van der Waals surface area contributed by atoms with Gasteiger partial charge < -0.3 is 15.2 Å². The molecule has 0 aliphatic carbocycles. The molecular weight excluding hydrogens is 480 g/mol. The Hall–Kier alpha value is -2.69. The van der Waals surface area contributed by atoms with Crippen LogP contribution < -0.4 is 15.5 Å². The third kappa shape index (κ3) is 5.65. The fourth-order valence-corrected chi connectivity index (χ4v) is 2.75. The number of amides is 2. The molecule has 0 saturated heterocycles. The van der Waals surface area contributed by atoms with Crippen molar-refractivity contribution >= 4 is 46.3 Å². The van der Waals surface area contributed by atoms with Gasteiger partial charge in [-0.2, -0.15) is 5.10 Å². The second kappa shape index (κ2) is 10.0. The average molecular weight is 499 g/mol. The average Bonchev–Trinajstić information content (AvgIpc) is 2.66. The second-order valence-electron chi connectivity index (χ2n) is 5.71. The Kier molecular flexibility index (Phi) is 7.73. The predicted molar refractivity (Wildman–Crippen MR) is 112 cm³/mol. The summed E-state index contributed by atoms with van der Waals surface area (Å²) >= 11 is 1.95. The molecule has 2 aromatic rings. The third-order valence-electron chi connectivity index (χ3n) is 3.66. The van der Waals surface area contributed by atoms with Crippen molar-refractivity contribution in [3.63, 3.8) is 0 Å². The molecule has 0 aromatic heterocycles. The summed E-state index contributed by atoms with van der Waals surface area (Å²) in [5.41, 5.74) is 2.86. The van der Waals surface area contributed by atoms with Crippen molar-refractivity contribution in [3.05, 3.63) is 51.3 Å². The van der Waals surface area contributed by atoms with E-state index in [4.69, 9.17) is 4.74 Å². The minimum absolute atomic E-state index is 0.00206. The quantitative estimate of drug-likeness (QED) is 0.236. The Morgan fingerprint density at radius 2 is 2.04 bits per heavy atom. The molecule has 0 spiro atoms. The van der Waals surface area contributed by atoms with Gasteiger partial charge in [0.15, 0.2) is 11.5 Å². The molecule has 2 aromatic carbocycles. The lowest BCUT2D eigenvalue weighted by molar-refractivity contribution is -0.131. The minimum Gasteiger partial charge on any atom is -0.504 e. The van der Waals surface area contributed by atoms with Crippen LogP contribution in [-0.4, -0.2) is 29.7 Å². The molecule has 3 N–H and O–H groups in total. The van der Waals surface area contributed by atoms with Gasteiger partial charge in [0.25, 0.3) is 5.91 Å². The summed E-state index contributed by atoms with van der Waals surface area (Å²) in [7, 11) is 0. The van der Waals surface area contributed by atoms with Crippen LogP contribution in [-0.2, 0) is 9.59 Å². The molecule has 0 saturated carbocycles. The number of aromatic hydroxyl groups is 1. The zero-order valence-electron chi connectivity index (χ0n) is 15.2. The van der Waals surface area contributed by atoms with Crippen LogP contribution in [0.5, 0.6) is 11.5 Å². The van der Waals surface area contributed by atoms with Crippen molar-refractivity contribution in [1.82, 2.24) is 5.43 Å². The first kappa shape index (κ1) is 21.6. The van der Waals surface area contributed by atoms with Gasteiger partial charge in [-0.25, -0.2) is 9.82 Å². The molecule has 7 nitrogen and oxygen atoms in total. The molecule has 0 heterocycles. The lowest BCUT2D eigenvalue weighted by atomic mass is 10.1. The number of phenols is 1. The predicted octanol–water partition coefficient (Wildman–Crippen LogP) is 3.26. The maximum atomic E-state index is 13.6. The molecule has 0 aliphatic heterocycles. The van der Waals surface area contributed by atoms with Crippen LogP contribution in [0.1, 0.15) is 19.4 Å². The maximum absolute atomic E-state index is 13.6. The Morgan fingerprint density at radius 3 is 2.71 bits per heavy atom. The highest BCUT2D eigenvalue weighted by Crippen LogP contribution is 2.32. The van der Waals surface area contributed by atoms with Crippen molar-refractivity contribution in [3.8, 4) is 11.5 Å². The lowest BCUT2D eigenvalue weighted by Gasteiger charge is -2.11. The molecule has 1 atom stereocenters. The van der Waals surface area contributed by atoms with Crippen molar-refractivity contribution in [2.24, 2.45) is 11.0 Å². The van der Waals surface area contributed by atoms with Crippen LogP contribution in [0.4, 0.5) is 10.1 Å². The maximum Gasteiger partial charge on any atom is 0.252 e. The van der Waals surface area contributed by atoms with Gasteiger partial charge in [0.2, 0.25) is 5.91 Å². The largest absolute Gasteiger partial charge is 0.504 e. The van der Waals surface area contributed by atoms with Gasteiger partial charge in [-0.15, -0.1) is 0 Å². The number of hydrogen-bond donors (Lipinski definition) is 3. The number of carbonyl (C=O) groups is 2. The molecule has 0 radical (unpaired) electrons. The molecule has 1 unspecified atom stereocenters. The van der Waals surface area contributed by atoms with E-state index < -0.39 is 23.5 Å². The summed E-state index contributed by atoms with van der Waals surface area (Å²) in [4.78, 5) is 24.2. The Labute approximate surface area is 175 Å². The fraction of sp³-hybridized carbons (Fsp3) is 0.211. The SMILES string of the molecule is CCOc1cc(C=NNC(=O)C(C)C(=O)Nc2ccccc2F)cc(I)c1O. The van der Waals surface area contributed by atoms with Gasteiger partial charge >= 0.3 is 0 Å². The van der Waals surface area contributed by atoms with Gasteiger partial charge in [0.05, 0.1) is 22.1 Å². The van der Waals surface area contributed by atoms with Gasteiger partial charge in [-0.1, -0.05) is 12.1 Å². The lowest BCUT2D eigenvalue weighted by Crippen LogP contribution is -2.34. The number of nitrogens with zero attached hydrogens (tertiary/aromatic N) is 1. The zero-order valence-corrected chi connectivity index (χ0v) is 17.4. The van der Waals surface area contributed by atoms with Gasteiger partial charge in [0.1, 0.15) is 11.7 Å². The second-order valence-corrected chi connectivity index (χ2v) is 6.87. The van der Waals surface area contributed by atoms with E-state index in [0.717, 1.165) is 0 Å². The van der Waals surface area contributed by atoms with E-state index in [2.05, 4.69) is 15.8 Å². The number of carbonyl (C=O) groups excluding carboxylic acids is 2. The topological polar surface area (TPSA) is 100 Å². The molecular formula is C19H19FIN3O4. The third-order valence-corrected chi connectivity index (χ3v) is 4.48. The van der Waals surface area contributed by atoms with E-state index in [1.807, 2.05) is 22.6 Å². The zero-order chi connectivity index (χ0) is 20.7. The standard InChI is InChI=1S/C19H19FIN3O4/c1-3-28-16-9-12(8-14(21)17(16)25)10-22-24-19(27)11(2)18(26)23-15-7-5-4-6-13(15)20/h4-11,25H,3H2,1-2H3,(H,23,26)(H,24,27). The van der Waals surface area contributed by atoms with Gasteiger partial charge in [-0.05, 0) is 66.3 Å². The highest BCUT2D eigenvalue weighted by molar-refractivity contribution is 14.1. The minimum atomic E-state index is -1.09. The molecule has 0 bridgehead atoms. The summed E-state index contributed by atoms with van der Waals surface area (Å²) in [5.74, 6) is -2.65. The number of phenolic OH excluding ortho intramolecular Hbond substituents is 1. The molecule has 2 rings (SSSR count). The van der Waals surface area contributed by atoms with Crippen LogP contribution in [0.25, 0.3) is 0 Å². The number of anilines is 1. The highest BCUT2D eigenvalue weighted by atomic mass is 127. The van der Waals surface area contributed by atoms with E-state index in [9.17, 15) is 19.1 Å². The monoisotopic (exact) mass is 499 g/mol. The summed E-state index contributed by atoms with van der Waals surface area (Å²) in [5, 5.41) is 16.1. The number of nitrogens with one attached hydrogen (secondary N) is 2. The van der Waals surface area contributed by atoms with Gasteiger partial charge in [0, 0.05) is 0 Å². The van der Waals surface area contributed by atoms with Crippen LogP contribution in [0.3, 0.4) is 0 Å². The van der Waals surface area contributed by atoms with Crippen LogP contribution in [0, 0.1) is 15.3 Å².